The lowest BCUT2D eigenvalue weighted by molar-refractivity contribution is 0.370. The maximum atomic E-state index is 11.6. The Kier molecular flexibility index (Phi) is 7.26. The molecule has 2 N–H and O–H groups in total. The highest BCUT2D eigenvalue weighted by Crippen LogP contribution is 2.14. The molecule has 0 bridgehead atoms. The summed E-state index contributed by atoms with van der Waals surface area (Å²) in [5.74, 6) is 0.649. The van der Waals surface area contributed by atoms with Gasteiger partial charge in [-0.1, -0.05) is 33.1 Å². The summed E-state index contributed by atoms with van der Waals surface area (Å²) in [5, 5.41) is 3.42. The van der Waals surface area contributed by atoms with Gasteiger partial charge in [0.15, 0.2) is 0 Å². The van der Waals surface area contributed by atoms with Gasteiger partial charge in [-0.2, -0.15) is 0 Å². The molecule has 1 aromatic heterocycles. The summed E-state index contributed by atoms with van der Waals surface area (Å²) < 4.78 is 30.7. The van der Waals surface area contributed by atoms with Crippen LogP contribution in [0.2, 0.25) is 0 Å². The third-order valence-corrected chi connectivity index (χ3v) is 4.57. The smallest absolute Gasteiger partial charge is 0.273 e. The largest absolute Gasteiger partial charge is 0.447 e. The molecule has 0 aromatic carbocycles. The molecule has 6 heteroatoms. The molecule has 1 aromatic rings. The zero-order valence-corrected chi connectivity index (χ0v) is 13.4. The molecule has 0 radical (unpaired) electrons. The van der Waals surface area contributed by atoms with Crippen LogP contribution in [0.1, 0.15) is 51.7 Å². The van der Waals surface area contributed by atoms with Crippen molar-refractivity contribution in [1.29, 1.82) is 0 Å². The summed E-state index contributed by atoms with van der Waals surface area (Å²) in [7, 11) is -2.11. The van der Waals surface area contributed by atoms with Crippen LogP contribution in [0.4, 0.5) is 0 Å². The summed E-state index contributed by atoms with van der Waals surface area (Å²) in [4.78, 5) is 0. The second kappa shape index (κ2) is 8.44. The quantitative estimate of drug-likeness (QED) is 0.697. The van der Waals surface area contributed by atoms with Crippen LogP contribution >= 0.6 is 0 Å². The second-order valence-electron chi connectivity index (χ2n) is 4.94. The molecule has 0 aliphatic carbocycles. The number of hydrogen-bond donors (Lipinski definition) is 2. The molecule has 1 heterocycles. The Bertz CT molecular complexity index is 482. The molecule has 0 aliphatic heterocycles. The SMILES string of the molecule is CCCCC(CCC)NCc1ccc(S(=O)(=O)NC)o1. The number of unbranched alkanes of at least 4 members (excludes halogenated alkanes) is 1. The fourth-order valence-electron chi connectivity index (χ4n) is 2.09. The van der Waals surface area contributed by atoms with E-state index in [4.69, 9.17) is 4.42 Å². The van der Waals surface area contributed by atoms with E-state index < -0.39 is 10.0 Å². The summed E-state index contributed by atoms with van der Waals surface area (Å²) in [6.45, 7) is 4.92. The molecule has 0 aliphatic rings. The molecule has 1 unspecified atom stereocenters. The third kappa shape index (κ3) is 5.26. The Morgan fingerprint density at radius 3 is 2.55 bits per heavy atom. The lowest BCUT2D eigenvalue weighted by Crippen LogP contribution is -2.28. The van der Waals surface area contributed by atoms with E-state index >= 15 is 0 Å². The van der Waals surface area contributed by atoms with E-state index in [-0.39, 0.29) is 5.09 Å². The summed E-state index contributed by atoms with van der Waals surface area (Å²) in [5.41, 5.74) is 0. The lowest BCUT2D eigenvalue weighted by atomic mass is 10.1. The lowest BCUT2D eigenvalue weighted by Gasteiger charge is -2.16. The first-order chi connectivity index (χ1) is 9.53. The van der Waals surface area contributed by atoms with Gasteiger partial charge in [0.2, 0.25) is 5.09 Å². The molecule has 0 fully saturated rings. The maximum absolute atomic E-state index is 11.6. The number of hydrogen-bond acceptors (Lipinski definition) is 4. The van der Waals surface area contributed by atoms with Gasteiger partial charge in [-0.15, -0.1) is 0 Å². The van der Waals surface area contributed by atoms with Crippen LogP contribution in [0.3, 0.4) is 0 Å². The molecule has 0 saturated carbocycles. The Balaban J connectivity index is 2.56. The Morgan fingerprint density at radius 2 is 1.95 bits per heavy atom. The van der Waals surface area contributed by atoms with E-state index in [0.29, 0.717) is 18.3 Å². The first kappa shape index (κ1) is 17.2. The number of rotatable bonds is 10. The number of furan rings is 1. The van der Waals surface area contributed by atoms with Crippen LogP contribution in [0, 0.1) is 0 Å². The normalized spacial score (nSPS) is 13.6. The summed E-state index contributed by atoms with van der Waals surface area (Å²) >= 11 is 0. The second-order valence-corrected chi connectivity index (χ2v) is 6.75. The molecule has 1 atom stereocenters. The molecule has 0 spiro atoms. The van der Waals surface area contributed by atoms with Crippen molar-refractivity contribution in [2.45, 2.75) is 63.6 Å². The molecular weight excluding hydrogens is 276 g/mol. The van der Waals surface area contributed by atoms with Crippen molar-refractivity contribution in [3.63, 3.8) is 0 Å². The van der Waals surface area contributed by atoms with Gasteiger partial charge in [0.05, 0.1) is 6.54 Å². The van der Waals surface area contributed by atoms with Gasteiger partial charge in [0.1, 0.15) is 5.76 Å². The standard InChI is InChI=1S/C14H26N2O3S/c1-4-6-8-12(7-5-2)16-11-13-9-10-14(19-13)20(17,18)15-3/h9-10,12,15-16H,4-8,11H2,1-3H3. The average molecular weight is 302 g/mol. The van der Waals surface area contributed by atoms with Crippen LogP contribution in [0.15, 0.2) is 21.6 Å². The minimum absolute atomic E-state index is 0.0302. The molecular formula is C14H26N2O3S. The van der Waals surface area contributed by atoms with Crippen LogP contribution in [-0.4, -0.2) is 21.5 Å². The van der Waals surface area contributed by atoms with Crippen molar-refractivity contribution in [3.8, 4) is 0 Å². The van der Waals surface area contributed by atoms with Gasteiger partial charge >= 0.3 is 0 Å². The van der Waals surface area contributed by atoms with Crippen molar-refractivity contribution in [2.75, 3.05) is 7.05 Å². The number of nitrogens with one attached hydrogen (secondary N) is 2. The Hall–Kier alpha value is -0.850. The van der Waals surface area contributed by atoms with E-state index in [1.807, 2.05) is 0 Å². The van der Waals surface area contributed by atoms with Crippen LogP contribution in [-0.2, 0) is 16.6 Å². The monoisotopic (exact) mass is 302 g/mol. The Morgan fingerprint density at radius 1 is 1.20 bits per heavy atom. The van der Waals surface area contributed by atoms with Crippen LogP contribution in [0.5, 0.6) is 0 Å². The highest BCUT2D eigenvalue weighted by molar-refractivity contribution is 7.89. The average Bonchev–Trinajstić information content (AvgIpc) is 2.91. The fourth-order valence-corrected chi connectivity index (χ4v) is 2.76. The van der Waals surface area contributed by atoms with E-state index in [2.05, 4.69) is 23.9 Å². The predicted octanol–water partition coefficient (Wildman–Crippen LogP) is 2.64. The molecule has 20 heavy (non-hydrogen) atoms. The highest BCUT2D eigenvalue weighted by Gasteiger charge is 2.16. The van der Waals surface area contributed by atoms with Gasteiger partial charge < -0.3 is 9.73 Å². The van der Waals surface area contributed by atoms with Crippen LogP contribution in [0.25, 0.3) is 0 Å². The molecule has 0 amide bonds. The van der Waals surface area contributed by atoms with E-state index in [0.717, 1.165) is 19.3 Å². The van der Waals surface area contributed by atoms with Crippen molar-refractivity contribution in [1.82, 2.24) is 10.0 Å². The molecule has 116 valence electrons. The maximum Gasteiger partial charge on any atom is 0.273 e. The van der Waals surface area contributed by atoms with Gasteiger partial charge in [-0.3, -0.25) is 0 Å². The van der Waals surface area contributed by atoms with E-state index in [9.17, 15) is 8.42 Å². The minimum Gasteiger partial charge on any atom is -0.447 e. The first-order valence-electron chi connectivity index (χ1n) is 7.29. The Labute approximate surface area is 122 Å². The van der Waals surface area contributed by atoms with Crippen molar-refractivity contribution < 1.29 is 12.8 Å². The molecule has 1 rings (SSSR count). The zero-order valence-electron chi connectivity index (χ0n) is 12.6. The first-order valence-corrected chi connectivity index (χ1v) is 8.77. The van der Waals surface area contributed by atoms with Crippen molar-refractivity contribution in [2.24, 2.45) is 0 Å². The topological polar surface area (TPSA) is 71.3 Å². The number of sulfonamides is 1. The van der Waals surface area contributed by atoms with Gasteiger partial charge in [0, 0.05) is 6.04 Å². The summed E-state index contributed by atoms with van der Waals surface area (Å²) in [6, 6.07) is 3.67. The van der Waals surface area contributed by atoms with E-state index in [1.165, 1.54) is 26.0 Å². The van der Waals surface area contributed by atoms with Crippen LogP contribution < -0.4 is 10.0 Å². The third-order valence-electron chi connectivity index (χ3n) is 3.28. The zero-order chi connectivity index (χ0) is 15.0. The summed E-state index contributed by atoms with van der Waals surface area (Å²) in [6.07, 6.45) is 5.80. The predicted molar refractivity (Wildman–Crippen MR) is 80.0 cm³/mol. The van der Waals surface area contributed by atoms with Crippen molar-refractivity contribution in [3.05, 3.63) is 17.9 Å². The van der Waals surface area contributed by atoms with Gasteiger partial charge in [0.25, 0.3) is 10.0 Å². The fraction of sp³-hybridized carbons (Fsp3) is 0.714. The minimum atomic E-state index is -3.48. The molecule has 0 saturated heterocycles. The van der Waals surface area contributed by atoms with Gasteiger partial charge in [-0.25, -0.2) is 13.1 Å². The van der Waals surface area contributed by atoms with Crippen molar-refractivity contribution >= 4 is 10.0 Å². The highest BCUT2D eigenvalue weighted by atomic mass is 32.2. The van der Waals surface area contributed by atoms with E-state index in [1.54, 1.807) is 6.07 Å². The molecule has 5 nitrogen and oxygen atoms in total. The van der Waals surface area contributed by atoms with Gasteiger partial charge in [-0.05, 0) is 32.0 Å².